The van der Waals surface area contributed by atoms with Crippen molar-refractivity contribution in [1.29, 1.82) is 0 Å². The highest BCUT2D eigenvalue weighted by Gasteiger charge is 2.45. The van der Waals surface area contributed by atoms with E-state index in [0.29, 0.717) is 35.4 Å². The van der Waals surface area contributed by atoms with Crippen LogP contribution < -0.4 is 0 Å². The van der Waals surface area contributed by atoms with Gasteiger partial charge in [0.05, 0.1) is 17.2 Å². The molecule has 2 aliphatic rings. The highest BCUT2D eigenvalue weighted by molar-refractivity contribution is 6.30. The molecule has 2 aromatic carbocycles. The van der Waals surface area contributed by atoms with Gasteiger partial charge < -0.3 is 0 Å². The lowest BCUT2D eigenvalue weighted by Gasteiger charge is -2.40. The Morgan fingerprint density at radius 3 is 2.08 bits per heavy atom. The average Bonchev–Trinajstić information content (AvgIpc) is 2.87. The highest BCUT2D eigenvalue weighted by atomic mass is 35.5. The van der Waals surface area contributed by atoms with Gasteiger partial charge in [0, 0.05) is 11.4 Å². The Bertz CT molecular complexity index is 843. The number of fused-ring (bicyclic) bond motifs is 1. The summed E-state index contributed by atoms with van der Waals surface area (Å²) in [6.45, 7) is 0. The number of hydrazine groups is 1. The van der Waals surface area contributed by atoms with E-state index in [1.807, 2.05) is 12.1 Å². The molecule has 5 nitrogen and oxygen atoms in total. The van der Waals surface area contributed by atoms with E-state index in [1.165, 1.54) is 5.01 Å². The number of rotatable bonds is 2. The maximum atomic E-state index is 12.8. The molecule has 0 radical (unpaired) electrons. The van der Waals surface area contributed by atoms with Crippen LogP contribution in [0.4, 0.5) is 0 Å². The monoisotopic (exact) mass is 354 g/mol. The molecule has 4 rings (SSSR count). The second kappa shape index (κ2) is 6.01. The van der Waals surface area contributed by atoms with Gasteiger partial charge in [-0.25, -0.2) is 5.01 Å². The summed E-state index contributed by atoms with van der Waals surface area (Å²) in [5.41, 5.74) is 1.52. The molecule has 0 N–H and O–H groups in total. The Hall–Kier alpha value is -2.66. The molecule has 6 heteroatoms. The zero-order valence-corrected chi connectivity index (χ0v) is 14.1. The second-order valence-electron chi connectivity index (χ2n) is 6.17. The average molecular weight is 355 g/mol. The molecule has 0 bridgehead atoms. The molecular formula is C19H15ClN2O3. The van der Waals surface area contributed by atoms with Crippen molar-refractivity contribution in [2.24, 2.45) is 0 Å². The van der Waals surface area contributed by atoms with Crippen molar-refractivity contribution in [2.45, 2.75) is 25.3 Å². The van der Waals surface area contributed by atoms with E-state index in [1.54, 1.807) is 36.4 Å². The van der Waals surface area contributed by atoms with Crippen LogP contribution in [0.25, 0.3) is 0 Å². The van der Waals surface area contributed by atoms with Crippen molar-refractivity contribution in [3.8, 4) is 0 Å². The van der Waals surface area contributed by atoms with Crippen molar-refractivity contribution in [1.82, 2.24) is 10.0 Å². The van der Waals surface area contributed by atoms with E-state index in [0.717, 1.165) is 10.6 Å². The maximum Gasteiger partial charge on any atom is 0.280 e. The minimum absolute atomic E-state index is 0.222. The molecule has 1 fully saturated rings. The molecule has 1 saturated heterocycles. The minimum atomic E-state index is -0.449. The summed E-state index contributed by atoms with van der Waals surface area (Å²) in [4.78, 5) is 38.2. The maximum absolute atomic E-state index is 12.8. The standard InChI is InChI=1S/C19H15ClN2O3/c20-13-10-8-12(9-11-13)16-6-3-7-17(23)21(16)22-18(24)14-4-1-2-5-15(14)19(22)25/h1-2,4-5,8-11,16H,3,6-7H2. The van der Waals surface area contributed by atoms with Gasteiger partial charge in [-0.05, 0) is 42.7 Å². The Morgan fingerprint density at radius 2 is 1.48 bits per heavy atom. The Kier molecular flexibility index (Phi) is 3.81. The van der Waals surface area contributed by atoms with Gasteiger partial charge in [-0.1, -0.05) is 35.9 Å². The number of nitrogens with zero attached hydrogens (tertiary/aromatic N) is 2. The van der Waals surface area contributed by atoms with Crippen LogP contribution in [0.3, 0.4) is 0 Å². The summed E-state index contributed by atoms with van der Waals surface area (Å²) >= 11 is 5.95. The van der Waals surface area contributed by atoms with Gasteiger partial charge in [0.2, 0.25) is 5.91 Å². The second-order valence-corrected chi connectivity index (χ2v) is 6.60. The van der Waals surface area contributed by atoms with Gasteiger partial charge in [-0.2, -0.15) is 5.01 Å². The SMILES string of the molecule is O=C1c2ccccc2C(=O)N1N1C(=O)CCCC1c1ccc(Cl)cc1. The first-order valence-corrected chi connectivity index (χ1v) is 8.51. The topological polar surface area (TPSA) is 57.7 Å². The first-order chi connectivity index (χ1) is 12.1. The summed E-state index contributed by atoms with van der Waals surface area (Å²) in [7, 11) is 0. The predicted molar refractivity (Wildman–Crippen MR) is 91.8 cm³/mol. The fourth-order valence-electron chi connectivity index (χ4n) is 3.47. The molecule has 2 aromatic rings. The third-order valence-electron chi connectivity index (χ3n) is 4.66. The fraction of sp³-hybridized carbons (Fsp3) is 0.211. The smallest absolute Gasteiger partial charge is 0.273 e. The van der Waals surface area contributed by atoms with Crippen molar-refractivity contribution < 1.29 is 14.4 Å². The van der Waals surface area contributed by atoms with Gasteiger partial charge in [-0.3, -0.25) is 14.4 Å². The van der Waals surface area contributed by atoms with Crippen LogP contribution in [0.2, 0.25) is 5.02 Å². The molecule has 0 spiro atoms. The van der Waals surface area contributed by atoms with Gasteiger partial charge in [0.1, 0.15) is 0 Å². The van der Waals surface area contributed by atoms with E-state index in [2.05, 4.69) is 0 Å². The predicted octanol–water partition coefficient (Wildman–Crippen LogP) is 3.60. The molecule has 1 atom stereocenters. The van der Waals surface area contributed by atoms with Gasteiger partial charge in [0.25, 0.3) is 11.8 Å². The first-order valence-electron chi connectivity index (χ1n) is 8.13. The number of carbonyl (C=O) groups is 3. The molecule has 2 heterocycles. The van der Waals surface area contributed by atoms with E-state index in [-0.39, 0.29) is 11.9 Å². The fourth-order valence-corrected chi connectivity index (χ4v) is 3.60. The lowest BCUT2D eigenvalue weighted by atomic mass is 9.96. The number of imide groups is 1. The van der Waals surface area contributed by atoms with Crippen LogP contribution in [-0.2, 0) is 4.79 Å². The number of halogens is 1. The van der Waals surface area contributed by atoms with E-state index < -0.39 is 11.8 Å². The van der Waals surface area contributed by atoms with Crippen molar-refractivity contribution in [3.63, 3.8) is 0 Å². The summed E-state index contributed by atoms with van der Waals surface area (Å²) in [5.74, 6) is -1.12. The normalized spacial score (nSPS) is 20.2. The van der Waals surface area contributed by atoms with E-state index >= 15 is 0 Å². The molecular weight excluding hydrogens is 340 g/mol. The Labute approximate surface area is 149 Å². The number of hydrogen-bond donors (Lipinski definition) is 0. The summed E-state index contributed by atoms with van der Waals surface area (Å²) in [6, 6.07) is 13.4. The third-order valence-corrected chi connectivity index (χ3v) is 4.91. The first kappa shape index (κ1) is 15.8. The quantitative estimate of drug-likeness (QED) is 0.774. The lowest BCUT2D eigenvalue weighted by Crippen LogP contribution is -2.52. The number of benzene rings is 2. The zero-order valence-electron chi connectivity index (χ0n) is 13.3. The van der Waals surface area contributed by atoms with Gasteiger partial charge in [-0.15, -0.1) is 0 Å². The Morgan fingerprint density at radius 1 is 0.880 bits per heavy atom. The molecule has 2 aliphatic heterocycles. The number of carbonyl (C=O) groups excluding carboxylic acids is 3. The van der Waals surface area contributed by atoms with Crippen molar-refractivity contribution in [2.75, 3.05) is 0 Å². The molecule has 126 valence electrons. The third kappa shape index (κ3) is 2.51. The molecule has 0 aromatic heterocycles. The summed E-state index contributed by atoms with van der Waals surface area (Å²) < 4.78 is 0. The van der Waals surface area contributed by atoms with Gasteiger partial charge >= 0.3 is 0 Å². The van der Waals surface area contributed by atoms with E-state index in [4.69, 9.17) is 11.6 Å². The molecule has 0 saturated carbocycles. The van der Waals surface area contributed by atoms with Crippen molar-refractivity contribution >= 4 is 29.3 Å². The zero-order chi connectivity index (χ0) is 17.6. The molecule has 25 heavy (non-hydrogen) atoms. The number of hydrogen-bond acceptors (Lipinski definition) is 3. The summed E-state index contributed by atoms with van der Waals surface area (Å²) in [5, 5.41) is 2.93. The van der Waals surface area contributed by atoms with Crippen LogP contribution in [-0.4, -0.2) is 27.7 Å². The molecule has 0 aliphatic carbocycles. The van der Waals surface area contributed by atoms with Crippen LogP contribution in [0, 0.1) is 0 Å². The van der Waals surface area contributed by atoms with Crippen LogP contribution >= 0.6 is 11.6 Å². The van der Waals surface area contributed by atoms with E-state index in [9.17, 15) is 14.4 Å². The number of amides is 3. The lowest BCUT2D eigenvalue weighted by molar-refractivity contribution is -0.150. The van der Waals surface area contributed by atoms with Crippen LogP contribution in [0.1, 0.15) is 51.6 Å². The van der Waals surface area contributed by atoms with Gasteiger partial charge in [0.15, 0.2) is 0 Å². The highest BCUT2D eigenvalue weighted by Crippen LogP contribution is 2.36. The van der Waals surface area contributed by atoms with Crippen molar-refractivity contribution in [3.05, 3.63) is 70.2 Å². The minimum Gasteiger partial charge on any atom is -0.273 e. The van der Waals surface area contributed by atoms with Crippen LogP contribution in [0.5, 0.6) is 0 Å². The summed E-state index contributed by atoms with van der Waals surface area (Å²) in [6.07, 6.45) is 1.71. The number of piperidine rings is 1. The molecule has 3 amide bonds. The largest absolute Gasteiger partial charge is 0.280 e. The van der Waals surface area contributed by atoms with Crippen LogP contribution in [0.15, 0.2) is 48.5 Å². The molecule has 1 unspecified atom stereocenters. The Balaban J connectivity index is 1.76.